The van der Waals surface area contributed by atoms with Crippen molar-refractivity contribution in [2.75, 3.05) is 18.4 Å². The predicted octanol–water partition coefficient (Wildman–Crippen LogP) is 5.46. The first-order chi connectivity index (χ1) is 15.0. The molecule has 0 radical (unpaired) electrons. The summed E-state index contributed by atoms with van der Waals surface area (Å²) in [5, 5.41) is 8.29. The summed E-state index contributed by atoms with van der Waals surface area (Å²) in [6.07, 6.45) is 0.493. The Morgan fingerprint density at radius 2 is 2.10 bits per heavy atom. The van der Waals surface area contributed by atoms with Gasteiger partial charge in [-0.05, 0) is 42.8 Å². The Balaban J connectivity index is 1.29. The Labute approximate surface area is 194 Å². The van der Waals surface area contributed by atoms with Crippen LogP contribution in [0, 0.1) is 0 Å². The standard InChI is InChI=1S/C22H21Cl2N3O3S/c1-2-27-8-7-14-18(10-27)31-22-19(14)21(28)25-20(26-22)17-6-4-13(30-17)11-29-12-3-5-15(23)16(24)9-12/h3-6,9,20,26H,2,7-8,10-11H2,1H3,(H,25,28)/t20-/m1/s1. The summed E-state index contributed by atoms with van der Waals surface area (Å²) in [5.74, 6) is 1.83. The van der Waals surface area contributed by atoms with Crippen molar-refractivity contribution in [2.45, 2.75) is 32.7 Å². The minimum Gasteiger partial charge on any atom is -0.486 e. The quantitative estimate of drug-likeness (QED) is 0.510. The van der Waals surface area contributed by atoms with Crippen LogP contribution in [0.5, 0.6) is 5.75 Å². The van der Waals surface area contributed by atoms with E-state index in [1.165, 1.54) is 10.4 Å². The predicted molar refractivity (Wildman–Crippen MR) is 122 cm³/mol. The number of nitrogens with one attached hydrogen (secondary N) is 2. The average Bonchev–Trinajstić information content (AvgIpc) is 3.38. The van der Waals surface area contributed by atoms with E-state index in [2.05, 4.69) is 22.5 Å². The number of amides is 1. The first-order valence-corrected chi connectivity index (χ1v) is 11.7. The van der Waals surface area contributed by atoms with Gasteiger partial charge in [0.05, 0.1) is 15.6 Å². The molecule has 1 amide bonds. The Morgan fingerprint density at radius 3 is 2.90 bits per heavy atom. The van der Waals surface area contributed by atoms with Gasteiger partial charge in [-0.3, -0.25) is 9.69 Å². The third-order valence-electron chi connectivity index (χ3n) is 5.60. The van der Waals surface area contributed by atoms with Gasteiger partial charge in [0.25, 0.3) is 5.91 Å². The van der Waals surface area contributed by atoms with Gasteiger partial charge in [-0.15, -0.1) is 11.3 Å². The number of furan rings is 1. The van der Waals surface area contributed by atoms with Crippen LogP contribution in [0.2, 0.25) is 10.0 Å². The number of likely N-dealkylation sites (N-methyl/N-ethyl adjacent to an activating group) is 1. The maximum absolute atomic E-state index is 12.9. The molecular weight excluding hydrogens is 457 g/mol. The minimum absolute atomic E-state index is 0.0498. The molecule has 6 nitrogen and oxygen atoms in total. The molecule has 0 spiro atoms. The van der Waals surface area contributed by atoms with Gasteiger partial charge in [-0.2, -0.15) is 0 Å². The molecule has 1 atom stereocenters. The molecule has 162 valence electrons. The van der Waals surface area contributed by atoms with Gasteiger partial charge in [0.15, 0.2) is 6.17 Å². The molecule has 2 aliphatic heterocycles. The monoisotopic (exact) mass is 477 g/mol. The van der Waals surface area contributed by atoms with E-state index in [9.17, 15) is 4.79 Å². The lowest BCUT2D eigenvalue weighted by Crippen LogP contribution is -2.38. The summed E-state index contributed by atoms with van der Waals surface area (Å²) in [6.45, 7) is 5.32. The number of anilines is 1. The zero-order valence-corrected chi connectivity index (χ0v) is 19.2. The number of hydrogen-bond donors (Lipinski definition) is 2. The molecule has 0 saturated heterocycles. The molecule has 2 aliphatic rings. The van der Waals surface area contributed by atoms with E-state index in [0.717, 1.165) is 36.6 Å². The van der Waals surface area contributed by atoms with Crippen LogP contribution in [-0.2, 0) is 19.6 Å². The Morgan fingerprint density at radius 1 is 1.23 bits per heavy atom. The van der Waals surface area contributed by atoms with Crippen LogP contribution in [0.25, 0.3) is 0 Å². The number of nitrogens with zero attached hydrogens (tertiary/aromatic N) is 1. The zero-order chi connectivity index (χ0) is 21.5. The van der Waals surface area contributed by atoms with Crippen LogP contribution in [-0.4, -0.2) is 23.9 Å². The summed E-state index contributed by atoms with van der Waals surface area (Å²) < 4.78 is 11.7. The molecule has 4 heterocycles. The minimum atomic E-state index is -0.416. The molecule has 2 N–H and O–H groups in total. The van der Waals surface area contributed by atoms with Gasteiger partial charge in [0.2, 0.25) is 0 Å². The highest BCUT2D eigenvalue weighted by Gasteiger charge is 2.34. The number of hydrogen-bond acceptors (Lipinski definition) is 6. The highest BCUT2D eigenvalue weighted by atomic mass is 35.5. The summed E-state index contributed by atoms with van der Waals surface area (Å²) in [4.78, 5) is 16.6. The number of ether oxygens (including phenoxy) is 1. The van der Waals surface area contributed by atoms with Crippen LogP contribution < -0.4 is 15.4 Å². The fraction of sp³-hybridized carbons (Fsp3) is 0.318. The van der Waals surface area contributed by atoms with Crippen molar-refractivity contribution >= 4 is 45.4 Å². The molecule has 0 aliphatic carbocycles. The first-order valence-electron chi connectivity index (χ1n) is 10.1. The SMILES string of the molecule is CCN1CCc2c(sc3c2C(=O)N[C@@H](c2ccc(COc4ccc(Cl)c(Cl)c4)o2)N3)C1. The molecule has 2 aromatic heterocycles. The lowest BCUT2D eigenvalue weighted by Gasteiger charge is -2.27. The van der Waals surface area contributed by atoms with E-state index in [1.807, 2.05) is 12.1 Å². The van der Waals surface area contributed by atoms with E-state index in [4.69, 9.17) is 32.4 Å². The Kier molecular flexibility index (Phi) is 5.60. The fourth-order valence-corrected chi connectivity index (χ4v) is 5.53. The summed E-state index contributed by atoms with van der Waals surface area (Å²) in [6, 6.07) is 8.79. The molecule has 0 bridgehead atoms. The van der Waals surface area contributed by atoms with Gasteiger partial charge in [-0.1, -0.05) is 30.1 Å². The molecule has 3 aromatic rings. The topological polar surface area (TPSA) is 66.7 Å². The largest absolute Gasteiger partial charge is 0.486 e. The second kappa shape index (κ2) is 8.39. The van der Waals surface area contributed by atoms with Crippen LogP contribution in [0.3, 0.4) is 0 Å². The van der Waals surface area contributed by atoms with Crippen LogP contribution >= 0.6 is 34.5 Å². The Hall–Kier alpha value is -2.19. The van der Waals surface area contributed by atoms with Crippen molar-refractivity contribution in [3.8, 4) is 5.75 Å². The van der Waals surface area contributed by atoms with Crippen molar-refractivity contribution in [3.05, 3.63) is 67.9 Å². The molecule has 9 heteroatoms. The zero-order valence-electron chi connectivity index (χ0n) is 16.8. The second-order valence-corrected chi connectivity index (χ2v) is 9.47. The lowest BCUT2D eigenvalue weighted by atomic mass is 10.0. The van der Waals surface area contributed by atoms with Crippen LogP contribution in [0.1, 0.15) is 45.4 Å². The van der Waals surface area contributed by atoms with Gasteiger partial charge in [-0.25, -0.2) is 0 Å². The maximum atomic E-state index is 12.9. The van der Waals surface area contributed by atoms with Crippen molar-refractivity contribution in [1.29, 1.82) is 0 Å². The molecular formula is C22H21Cl2N3O3S. The van der Waals surface area contributed by atoms with Crippen molar-refractivity contribution < 1.29 is 13.9 Å². The van der Waals surface area contributed by atoms with Crippen molar-refractivity contribution in [3.63, 3.8) is 0 Å². The molecule has 5 rings (SSSR count). The number of halogens is 2. The normalized spacial score (nSPS) is 18.2. The molecule has 0 saturated carbocycles. The fourth-order valence-electron chi connectivity index (χ4n) is 3.93. The third-order valence-corrected chi connectivity index (χ3v) is 7.49. The smallest absolute Gasteiger partial charge is 0.256 e. The highest BCUT2D eigenvalue weighted by Crippen LogP contribution is 2.41. The summed E-state index contributed by atoms with van der Waals surface area (Å²) >= 11 is 13.6. The summed E-state index contributed by atoms with van der Waals surface area (Å²) in [5.41, 5.74) is 1.98. The van der Waals surface area contributed by atoms with Crippen molar-refractivity contribution in [2.24, 2.45) is 0 Å². The van der Waals surface area contributed by atoms with E-state index in [1.54, 1.807) is 29.5 Å². The average molecular weight is 478 g/mol. The number of benzene rings is 1. The Bertz CT molecular complexity index is 1140. The van der Waals surface area contributed by atoms with E-state index >= 15 is 0 Å². The van der Waals surface area contributed by atoms with Crippen LogP contribution in [0.4, 0.5) is 5.00 Å². The van der Waals surface area contributed by atoms with E-state index in [-0.39, 0.29) is 12.5 Å². The van der Waals surface area contributed by atoms with Crippen LogP contribution in [0.15, 0.2) is 34.7 Å². The number of carbonyl (C=O) groups is 1. The summed E-state index contributed by atoms with van der Waals surface area (Å²) in [7, 11) is 0. The third kappa shape index (κ3) is 4.03. The van der Waals surface area contributed by atoms with Gasteiger partial charge >= 0.3 is 0 Å². The molecule has 31 heavy (non-hydrogen) atoms. The second-order valence-electron chi connectivity index (χ2n) is 7.55. The number of carbonyl (C=O) groups excluding carboxylic acids is 1. The molecule has 0 fully saturated rings. The first kappa shape index (κ1) is 20.7. The van der Waals surface area contributed by atoms with Gasteiger partial charge < -0.3 is 19.8 Å². The van der Waals surface area contributed by atoms with E-state index in [0.29, 0.717) is 27.3 Å². The van der Waals surface area contributed by atoms with Gasteiger partial charge in [0, 0.05) is 24.0 Å². The van der Waals surface area contributed by atoms with Crippen molar-refractivity contribution in [1.82, 2.24) is 10.2 Å². The highest BCUT2D eigenvalue weighted by molar-refractivity contribution is 7.16. The van der Waals surface area contributed by atoms with Gasteiger partial charge in [0.1, 0.15) is 28.9 Å². The van der Waals surface area contributed by atoms with E-state index < -0.39 is 6.17 Å². The molecule has 1 aromatic carbocycles. The maximum Gasteiger partial charge on any atom is 0.256 e. The number of rotatable bonds is 5. The lowest BCUT2D eigenvalue weighted by molar-refractivity contribution is 0.0929. The number of fused-ring (bicyclic) bond motifs is 3. The molecule has 0 unspecified atom stereocenters. The number of thiophene rings is 1.